The highest BCUT2D eigenvalue weighted by molar-refractivity contribution is 6.04. The Hall–Kier alpha value is -1.88. The van der Waals surface area contributed by atoms with Crippen molar-refractivity contribution in [1.82, 2.24) is 5.32 Å². The molecular weight excluding hydrogens is 278 g/mol. The highest BCUT2D eigenvalue weighted by atomic mass is 16.2. The van der Waals surface area contributed by atoms with E-state index in [1.807, 2.05) is 19.9 Å². The molecule has 0 aromatic heterocycles. The summed E-state index contributed by atoms with van der Waals surface area (Å²) in [6.45, 7) is 4.69. The number of carbonyl (C=O) groups excluding carboxylic acids is 2. The SMILES string of the molecule is CC(C)CNC(=O)c1ccccc1NC(=O)C1CCC(N)C1. The van der Waals surface area contributed by atoms with Crippen LogP contribution in [0.1, 0.15) is 43.5 Å². The molecule has 1 fully saturated rings. The van der Waals surface area contributed by atoms with Crippen LogP contribution < -0.4 is 16.4 Å². The van der Waals surface area contributed by atoms with Crippen LogP contribution in [0.5, 0.6) is 0 Å². The molecule has 1 aromatic rings. The third kappa shape index (κ3) is 4.31. The maximum Gasteiger partial charge on any atom is 0.253 e. The number of hydrogen-bond donors (Lipinski definition) is 3. The van der Waals surface area contributed by atoms with Gasteiger partial charge in [-0.3, -0.25) is 9.59 Å². The fourth-order valence-electron chi connectivity index (χ4n) is 2.67. The van der Waals surface area contributed by atoms with Crippen molar-refractivity contribution < 1.29 is 9.59 Å². The van der Waals surface area contributed by atoms with Crippen molar-refractivity contribution in [1.29, 1.82) is 0 Å². The number of amides is 2. The van der Waals surface area contributed by atoms with Crippen molar-refractivity contribution >= 4 is 17.5 Å². The second-order valence-electron chi connectivity index (χ2n) is 6.41. The maximum atomic E-state index is 12.3. The molecule has 5 nitrogen and oxygen atoms in total. The average Bonchev–Trinajstić information content (AvgIpc) is 2.92. The van der Waals surface area contributed by atoms with Gasteiger partial charge in [0.15, 0.2) is 0 Å². The molecule has 0 heterocycles. The largest absolute Gasteiger partial charge is 0.352 e. The van der Waals surface area contributed by atoms with E-state index in [-0.39, 0.29) is 23.8 Å². The molecule has 22 heavy (non-hydrogen) atoms. The number of nitrogens with two attached hydrogens (primary N) is 1. The van der Waals surface area contributed by atoms with Gasteiger partial charge in [0.25, 0.3) is 5.91 Å². The minimum absolute atomic E-state index is 0.0444. The van der Waals surface area contributed by atoms with E-state index < -0.39 is 0 Å². The molecule has 5 heteroatoms. The van der Waals surface area contributed by atoms with Gasteiger partial charge < -0.3 is 16.4 Å². The summed E-state index contributed by atoms with van der Waals surface area (Å²) in [6, 6.07) is 7.21. The lowest BCUT2D eigenvalue weighted by molar-refractivity contribution is -0.119. The third-order valence-electron chi connectivity index (χ3n) is 3.94. The smallest absolute Gasteiger partial charge is 0.253 e. The van der Waals surface area contributed by atoms with Crippen LogP contribution in [-0.2, 0) is 4.79 Å². The molecule has 0 spiro atoms. The van der Waals surface area contributed by atoms with Crippen molar-refractivity contribution in [2.45, 2.75) is 39.2 Å². The lowest BCUT2D eigenvalue weighted by Crippen LogP contribution is -2.29. The molecule has 4 N–H and O–H groups in total. The van der Waals surface area contributed by atoms with Crippen LogP contribution in [0.15, 0.2) is 24.3 Å². The summed E-state index contributed by atoms with van der Waals surface area (Å²) in [5.41, 5.74) is 6.92. The van der Waals surface area contributed by atoms with Crippen LogP contribution >= 0.6 is 0 Å². The Morgan fingerprint density at radius 1 is 1.27 bits per heavy atom. The molecule has 120 valence electrons. The minimum atomic E-state index is -0.160. The van der Waals surface area contributed by atoms with Crippen LogP contribution in [0.25, 0.3) is 0 Å². The number of nitrogens with one attached hydrogen (secondary N) is 2. The second-order valence-corrected chi connectivity index (χ2v) is 6.41. The van der Waals surface area contributed by atoms with Crippen LogP contribution in [0.4, 0.5) is 5.69 Å². The van der Waals surface area contributed by atoms with Gasteiger partial charge in [-0.1, -0.05) is 26.0 Å². The molecule has 2 amide bonds. The Morgan fingerprint density at radius 3 is 2.64 bits per heavy atom. The average molecular weight is 303 g/mol. The summed E-state index contributed by atoms with van der Waals surface area (Å²) in [5, 5.41) is 5.76. The lowest BCUT2D eigenvalue weighted by atomic mass is 10.1. The summed E-state index contributed by atoms with van der Waals surface area (Å²) in [4.78, 5) is 24.5. The van der Waals surface area contributed by atoms with E-state index in [4.69, 9.17) is 5.73 Å². The first kappa shape index (κ1) is 16.5. The van der Waals surface area contributed by atoms with Gasteiger partial charge in [0.2, 0.25) is 5.91 Å². The van der Waals surface area contributed by atoms with Gasteiger partial charge in [0, 0.05) is 18.5 Å². The third-order valence-corrected chi connectivity index (χ3v) is 3.94. The Morgan fingerprint density at radius 2 is 2.00 bits per heavy atom. The Balaban J connectivity index is 2.04. The van der Waals surface area contributed by atoms with Crippen LogP contribution in [0.2, 0.25) is 0 Å². The molecule has 1 aliphatic carbocycles. The van der Waals surface area contributed by atoms with E-state index in [1.54, 1.807) is 18.2 Å². The summed E-state index contributed by atoms with van der Waals surface area (Å²) in [6.07, 6.45) is 2.41. The number of para-hydroxylation sites is 1. The Kier molecular flexibility index (Phi) is 5.55. The summed E-state index contributed by atoms with van der Waals surface area (Å²) < 4.78 is 0. The minimum Gasteiger partial charge on any atom is -0.352 e. The van der Waals surface area contributed by atoms with E-state index in [0.29, 0.717) is 30.1 Å². The van der Waals surface area contributed by atoms with Crippen LogP contribution in [0, 0.1) is 11.8 Å². The predicted octanol–water partition coefficient (Wildman–Crippen LogP) is 2.14. The molecule has 0 saturated heterocycles. The van der Waals surface area contributed by atoms with E-state index in [2.05, 4.69) is 10.6 Å². The number of carbonyl (C=O) groups is 2. The van der Waals surface area contributed by atoms with Crippen molar-refractivity contribution in [2.75, 3.05) is 11.9 Å². The topological polar surface area (TPSA) is 84.2 Å². The van der Waals surface area contributed by atoms with Gasteiger partial charge in [0.1, 0.15) is 0 Å². The lowest BCUT2D eigenvalue weighted by Gasteiger charge is -2.15. The molecule has 2 unspecified atom stereocenters. The molecular formula is C17H25N3O2. The van der Waals surface area contributed by atoms with Gasteiger partial charge in [-0.25, -0.2) is 0 Å². The molecule has 2 atom stereocenters. The van der Waals surface area contributed by atoms with E-state index >= 15 is 0 Å². The predicted molar refractivity (Wildman–Crippen MR) is 87.6 cm³/mol. The van der Waals surface area contributed by atoms with Gasteiger partial charge in [-0.2, -0.15) is 0 Å². The quantitative estimate of drug-likeness (QED) is 0.779. The number of rotatable bonds is 5. The second kappa shape index (κ2) is 7.40. The zero-order valence-corrected chi connectivity index (χ0v) is 13.3. The van der Waals surface area contributed by atoms with Crippen LogP contribution in [-0.4, -0.2) is 24.4 Å². The van der Waals surface area contributed by atoms with Gasteiger partial charge in [-0.15, -0.1) is 0 Å². The first-order valence-corrected chi connectivity index (χ1v) is 7.91. The standard InChI is InChI=1S/C17H25N3O2/c1-11(2)10-19-17(22)14-5-3-4-6-15(14)20-16(21)12-7-8-13(18)9-12/h3-6,11-13H,7-10,18H2,1-2H3,(H,19,22)(H,20,21). The van der Waals surface area contributed by atoms with Crippen molar-refractivity contribution in [2.24, 2.45) is 17.6 Å². The molecule has 0 radical (unpaired) electrons. The monoisotopic (exact) mass is 303 g/mol. The zero-order chi connectivity index (χ0) is 16.1. The van der Waals surface area contributed by atoms with Gasteiger partial charge in [0.05, 0.1) is 11.3 Å². The zero-order valence-electron chi connectivity index (χ0n) is 13.3. The fraction of sp³-hybridized carbons (Fsp3) is 0.529. The van der Waals surface area contributed by atoms with Crippen LogP contribution in [0.3, 0.4) is 0 Å². The normalized spacial score (nSPS) is 20.9. The number of anilines is 1. The molecule has 0 aliphatic heterocycles. The molecule has 2 rings (SSSR count). The van der Waals surface area contributed by atoms with E-state index in [1.165, 1.54) is 0 Å². The molecule has 0 bridgehead atoms. The molecule has 1 aliphatic rings. The molecule has 1 aromatic carbocycles. The number of benzene rings is 1. The summed E-state index contributed by atoms with van der Waals surface area (Å²) in [7, 11) is 0. The molecule has 1 saturated carbocycles. The van der Waals surface area contributed by atoms with Gasteiger partial charge >= 0.3 is 0 Å². The fourth-order valence-corrected chi connectivity index (χ4v) is 2.67. The van der Waals surface area contributed by atoms with Crippen molar-refractivity contribution in [3.8, 4) is 0 Å². The number of hydrogen-bond acceptors (Lipinski definition) is 3. The first-order chi connectivity index (χ1) is 10.5. The highest BCUT2D eigenvalue weighted by Crippen LogP contribution is 2.26. The van der Waals surface area contributed by atoms with E-state index in [9.17, 15) is 9.59 Å². The Labute approximate surface area is 131 Å². The van der Waals surface area contributed by atoms with E-state index in [0.717, 1.165) is 12.8 Å². The van der Waals surface area contributed by atoms with Crippen molar-refractivity contribution in [3.63, 3.8) is 0 Å². The maximum absolute atomic E-state index is 12.3. The van der Waals surface area contributed by atoms with Gasteiger partial charge in [-0.05, 0) is 37.3 Å². The van der Waals surface area contributed by atoms with Crippen molar-refractivity contribution in [3.05, 3.63) is 29.8 Å². The Bertz CT molecular complexity index is 542. The highest BCUT2D eigenvalue weighted by Gasteiger charge is 2.28. The summed E-state index contributed by atoms with van der Waals surface area (Å²) >= 11 is 0. The summed E-state index contributed by atoms with van der Waals surface area (Å²) in [5.74, 6) is 0.122. The first-order valence-electron chi connectivity index (χ1n) is 7.91.